The van der Waals surface area contributed by atoms with Crippen LogP contribution in [0.15, 0.2) is 15.8 Å². The molecule has 1 aliphatic carbocycles. The van der Waals surface area contributed by atoms with Crippen molar-refractivity contribution in [2.45, 2.75) is 65.6 Å². The van der Waals surface area contributed by atoms with Crippen LogP contribution in [0.1, 0.15) is 60.0 Å². The number of hydrogen-bond acceptors (Lipinski definition) is 7. The van der Waals surface area contributed by atoms with Crippen LogP contribution in [-0.4, -0.2) is 27.1 Å². The van der Waals surface area contributed by atoms with Gasteiger partial charge in [-0.1, -0.05) is 0 Å². The van der Waals surface area contributed by atoms with Gasteiger partial charge in [-0.15, -0.1) is 11.3 Å². The maximum atomic E-state index is 12.7. The van der Waals surface area contributed by atoms with Crippen molar-refractivity contribution < 1.29 is 14.3 Å². The summed E-state index contributed by atoms with van der Waals surface area (Å²) in [5, 5.41) is 12.2. The van der Waals surface area contributed by atoms with Crippen molar-refractivity contribution in [3.05, 3.63) is 48.6 Å². The van der Waals surface area contributed by atoms with Gasteiger partial charge in [-0.05, 0) is 52.0 Å². The van der Waals surface area contributed by atoms with E-state index in [-0.39, 0.29) is 18.2 Å². The number of rotatable bonds is 6. The lowest BCUT2D eigenvalue weighted by Crippen LogP contribution is -2.43. The third-order valence-corrected chi connectivity index (χ3v) is 6.18. The van der Waals surface area contributed by atoms with Gasteiger partial charge in [-0.3, -0.25) is 14.2 Å². The van der Waals surface area contributed by atoms with E-state index < -0.39 is 29.7 Å². The quantitative estimate of drug-likeness (QED) is 0.680. The number of nitrogens with one attached hydrogen (secondary N) is 1. The second-order valence-electron chi connectivity index (χ2n) is 7.53. The first-order chi connectivity index (χ1) is 14.8. The molecule has 9 nitrogen and oxygen atoms in total. The fourth-order valence-corrected chi connectivity index (χ4v) is 4.84. The lowest BCUT2D eigenvalue weighted by Gasteiger charge is -2.14. The average molecular weight is 445 g/mol. The van der Waals surface area contributed by atoms with Gasteiger partial charge in [0.15, 0.2) is 0 Å². The Hall–Kier alpha value is -3.19. The van der Waals surface area contributed by atoms with Crippen molar-refractivity contribution in [3.8, 4) is 6.07 Å². The Bertz CT molecular complexity index is 1180. The van der Waals surface area contributed by atoms with E-state index in [1.807, 2.05) is 0 Å². The van der Waals surface area contributed by atoms with E-state index in [1.165, 1.54) is 22.1 Å². The molecule has 0 spiro atoms. The zero-order valence-electron chi connectivity index (χ0n) is 17.7. The monoisotopic (exact) mass is 444 g/mol. The predicted octanol–water partition coefficient (Wildman–Crippen LogP) is 2.05. The molecule has 1 aliphatic rings. The highest BCUT2D eigenvalue weighted by Crippen LogP contribution is 2.38. The first-order valence-electron chi connectivity index (χ1n) is 10.2. The molecule has 0 bridgehead atoms. The summed E-state index contributed by atoms with van der Waals surface area (Å²) in [5.41, 5.74) is -0.467. The minimum Gasteiger partial charge on any atom is -0.459 e. The highest BCUT2D eigenvalue weighted by molar-refractivity contribution is 7.17. The Morgan fingerprint density at radius 1 is 1.29 bits per heavy atom. The number of nitriles is 1. The van der Waals surface area contributed by atoms with Crippen molar-refractivity contribution in [2.24, 2.45) is 0 Å². The summed E-state index contributed by atoms with van der Waals surface area (Å²) in [4.78, 5) is 51.4. The van der Waals surface area contributed by atoms with Gasteiger partial charge in [0, 0.05) is 17.6 Å². The Labute approximate surface area is 182 Å². The van der Waals surface area contributed by atoms with Crippen LogP contribution in [0.25, 0.3) is 0 Å². The van der Waals surface area contributed by atoms with Gasteiger partial charge in [0.05, 0.1) is 11.7 Å². The number of amides is 1. The second-order valence-corrected chi connectivity index (χ2v) is 8.64. The Kier molecular flexibility index (Phi) is 6.75. The van der Waals surface area contributed by atoms with Gasteiger partial charge in [0.25, 0.3) is 5.56 Å². The van der Waals surface area contributed by atoms with Gasteiger partial charge in [-0.2, -0.15) is 5.26 Å². The highest BCUT2D eigenvalue weighted by atomic mass is 32.1. The highest BCUT2D eigenvalue weighted by Gasteiger charge is 2.28. The second kappa shape index (κ2) is 9.31. The largest absolute Gasteiger partial charge is 0.459 e. The molecule has 2 aromatic heterocycles. The van der Waals surface area contributed by atoms with E-state index in [0.29, 0.717) is 10.6 Å². The molecule has 31 heavy (non-hydrogen) atoms. The molecule has 0 atom stereocenters. The molecule has 2 heterocycles. The minimum atomic E-state index is -0.822. The molecule has 0 aromatic carbocycles. The number of carbonyl (C=O) groups is 2. The van der Waals surface area contributed by atoms with Crippen LogP contribution in [0.5, 0.6) is 0 Å². The number of fused-ring (bicyclic) bond motifs is 1. The standard InChI is InChI=1S/C21H24N4O5S/c1-4-24-10-13(9-22)19(27)25(21(24)29)11-16(26)23-18-17(20(28)30-12(2)3)14-7-5-6-8-15(14)31-18/h10,12H,4-8,11H2,1-3H3,(H,23,26). The molecular weight excluding hydrogens is 420 g/mol. The van der Waals surface area contributed by atoms with Crippen LogP contribution < -0.4 is 16.6 Å². The van der Waals surface area contributed by atoms with Crippen LogP contribution in [0, 0.1) is 11.3 Å². The number of nitrogens with zero attached hydrogens (tertiary/aromatic N) is 3. The van der Waals surface area contributed by atoms with Crippen LogP contribution in [0.4, 0.5) is 5.00 Å². The number of aromatic nitrogens is 2. The number of hydrogen-bond donors (Lipinski definition) is 1. The number of ether oxygens (including phenoxy) is 1. The maximum absolute atomic E-state index is 12.7. The number of anilines is 1. The van der Waals surface area contributed by atoms with Crippen LogP contribution in [0.2, 0.25) is 0 Å². The molecule has 0 fully saturated rings. The molecule has 0 unspecified atom stereocenters. The number of aryl methyl sites for hydroxylation is 2. The zero-order valence-corrected chi connectivity index (χ0v) is 18.5. The van der Waals surface area contributed by atoms with Gasteiger partial charge in [-0.25, -0.2) is 14.2 Å². The fraction of sp³-hybridized carbons (Fsp3) is 0.476. The molecule has 2 aromatic rings. The zero-order chi connectivity index (χ0) is 22.7. The molecule has 0 aliphatic heterocycles. The van der Waals surface area contributed by atoms with E-state index in [2.05, 4.69) is 5.32 Å². The molecule has 0 radical (unpaired) electrons. The molecule has 1 amide bonds. The summed E-state index contributed by atoms with van der Waals surface area (Å²) < 4.78 is 7.30. The lowest BCUT2D eigenvalue weighted by molar-refractivity contribution is -0.116. The third-order valence-electron chi connectivity index (χ3n) is 4.97. The molecule has 10 heteroatoms. The first-order valence-corrected chi connectivity index (χ1v) is 11.0. The predicted molar refractivity (Wildman–Crippen MR) is 115 cm³/mol. The summed E-state index contributed by atoms with van der Waals surface area (Å²) >= 11 is 1.32. The minimum absolute atomic E-state index is 0.220. The topological polar surface area (TPSA) is 123 Å². The molecule has 164 valence electrons. The molecule has 1 N–H and O–H groups in total. The summed E-state index contributed by atoms with van der Waals surface area (Å²) in [7, 11) is 0. The SMILES string of the molecule is CCn1cc(C#N)c(=O)n(CC(=O)Nc2sc3c(c2C(=O)OC(C)C)CCCC3)c1=O. The third kappa shape index (κ3) is 4.61. The van der Waals surface area contributed by atoms with Crippen LogP contribution in [-0.2, 0) is 35.5 Å². The van der Waals surface area contributed by atoms with Gasteiger partial charge in [0.1, 0.15) is 23.2 Å². The summed E-state index contributed by atoms with van der Waals surface area (Å²) in [6.07, 6.45) is 4.39. The van der Waals surface area contributed by atoms with E-state index in [4.69, 9.17) is 10.00 Å². The van der Waals surface area contributed by atoms with Crippen molar-refractivity contribution in [1.29, 1.82) is 5.26 Å². The van der Waals surface area contributed by atoms with Crippen molar-refractivity contribution in [2.75, 3.05) is 5.32 Å². The summed E-state index contributed by atoms with van der Waals surface area (Å²) in [6, 6.07) is 1.75. The van der Waals surface area contributed by atoms with Crippen molar-refractivity contribution >= 4 is 28.2 Å². The lowest BCUT2D eigenvalue weighted by atomic mass is 9.95. The molecule has 0 saturated carbocycles. The van der Waals surface area contributed by atoms with Crippen molar-refractivity contribution in [3.63, 3.8) is 0 Å². The van der Waals surface area contributed by atoms with E-state index in [9.17, 15) is 19.2 Å². The van der Waals surface area contributed by atoms with Gasteiger partial charge in [0.2, 0.25) is 5.91 Å². The summed E-state index contributed by atoms with van der Waals surface area (Å²) in [5.74, 6) is -1.13. The fourth-order valence-electron chi connectivity index (χ4n) is 3.55. The maximum Gasteiger partial charge on any atom is 0.341 e. The van der Waals surface area contributed by atoms with E-state index >= 15 is 0 Å². The van der Waals surface area contributed by atoms with Gasteiger partial charge < -0.3 is 10.1 Å². The Morgan fingerprint density at radius 3 is 2.65 bits per heavy atom. The first kappa shape index (κ1) is 22.5. The van der Waals surface area contributed by atoms with Crippen molar-refractivity contribution in [1.82, 2.24) is 9.13 Å². The van der Waals surface area contributed by atoms with Crippen LogP contribution >= 0.6 is 11.3 Å². The molecule has 3 rings (SSSR count). The normalized spacial score (nSPS) is 12.9. The Morgan fingerprint density at radius 2 is 2.00 bits per heavy atom. The van der Waals surface area contributed by atoms with Gasteiger partial charge >= 0.3 is 11.7 Å². The average Bonchev–Trinajstić information content (AvgIpc) is 3.08. The Balaban J connectivity index is 1.94. The summed E-state index contributed by atoms with van der Waals surface area (Å²) in [6.45, 7) is 4.89. The van der Waals surface area contributed by atoms with Crippen LogP contribution in [0.3, 0.4) is 0 Å². The molecular formula is C21H24N4O5S. The van der Waals surface area contributed by atoms with E-state index in [0.717, 1.165) is 40.7 Å². The number of thiophene rings is 1. The molecule has 0 saturated heterocycles. The smallest absolute Gasteiger partial charge is 0.341 e. The van der Waals surface area contributed by atoms with E-state index in [1.54, 1.807) is 26.8 Å². The number of carbonyl (C=O) groups excluding carboxylic acids is 2. The number of esters is 1.